The highest BCUT2D eigenvalue weighted by atomic mass is 19.4. The molecule has 2 heterocycles. The molecule has 128 valence electrons. The highest BCUT2D eigenvalue weighted by molar-refractivity contribution is 5.40. The number of rotatable bonds is 3. The van der Waals surface area contributed by atoms with Crippen LogP contribution in [0.4, 0.5) is 19.0 Å². The van der Waals surface area contributed by atoms with Crippen molar-refractivity contribution in [1.29, 1.82) is 0 Å². The number of hydrogen-bond donors (Lipinski definition) is 0. The average molecular weight is 328 g/mol. The fourth-order valence-corrected chi connectivity index (χ4v) is 3.57. The second kappa shape index (κ2) is 7.03. The van der Waals surface area contributed by atoms with Crippen molar-refractivity contribution < 1.29 is 13.2 Å². The van der Waals surface area contributed by atoms with E-state index in [2.05, 4.69) is 14.9 Å². The van der Waals surface area contributed by atoms with Gasteiger partial charge in [0.05, 0.1) is 0 Å². The average Bonchev–Trinajstić information content (AvgIpc) is 2.56. The number of aromatic nitrogens is 2. The van der Waals surface area contributed by atoms with Crippen LogP contribution in [0, 0.1) is 5.92 Å². The molecule has 1 aromatic rings. The maximum atomic E-state index is 12.7. The number of nitrogens with zero attached hydrogens (tertiary/aromatic N) is 4. The third-order valence-electron chi connectivity index (χ3n) is 4.88. The van der Waals surface area contributed by atoms with E-state index in [0.29, 0.717) is 5.82 Å². The Bertz CT molecular complexity index is 506. The molecule has 1 aromatic heterocycles. The van der Waals surface area contributed by atoms with Crippen LogP contribution < -0.4 is 4.90 Å². The standard InChI is InChI=1S/C16H23F3N4/c17-16(18,19)14-10-15(21-12-20-14)23-8-6-22(7-9-23)11-13-4-2-1-3-5-13/h10,12-13H,1-9,11H2. The molecular weight excluding hydrogens is 305 g/mol. The predicted octanol–water partition coefficient (Wildman–Crippen LogP) is 3.20. The first-order chi connectivity index (χ1) is 11.0. The van der Waals surface area contributed by atoms with Crippen molar-refractivity contribution in [3.8, 4) is 0 Å². The molecule has 0 N–H and O–H groups in total. The van der Waals surface area contributed by atoms with Crippen LogP contribution in [-0.2, 0) is 6.18 Å². The smallest absolute Gasteiger partial charge is 0.354 e. The molecule has 0 atom stereocenters. The fraction of sp³-hybridized carbons (Fsp3) is 0.750. The lowest BCUT2D eigenvalue weighted by molar-refractivity contribution is -0.141. The molecule has 0 aromatic carbocycles. The largest absolute Gasteiger partial charge is 0.433 e. The van der Waals surface area contributed by atoms with Gasteiger partial charge in [-0.05, 0) is 18.8 Å². The number of halogens is 3. The molecule has 4 nitrogen and oxygen atoms in total. The van der Waals surface area contributed by atoms with Gasteiger partial charge >= 0.3 is 6.18 Å². The minimum absolute atomic E-state index is 0.379. The summed E-state index contributed by atoms with van der Waals surface area (Å²) in [4.78, 5) is 11.7. The van der Waals surface area contributed by atoms with E-state index in [0.717, 1.165) is 51.0 Å². The van der Waals surface area contributed by atoms with E-state index in [4.69, 9.17) is 0 Å². The topological polar surface area (TPSA) is 32.3 Å². The Labute approximate surface area is 134 Å². The van der Waals surface area contributed by atoms with Gasteiger partial charge < -0.3 is 4.90 Å². The fourth-order valence-electron chi connectivity index (χ4n) is 3.57. The number of piperazine rings is 1. The first-order valence-electron chi connectivity index (χ1n) is 8.39. The van der Waals surface area contributed by atoms with E-state index in [1.165, 1.54) is 32.1 Å². The van der Waals surface area contributed by atoms with Crippen LogP contribution in [0.2, 0.25) is 0 Å². The molecule has 0 amide bonds. The zero-order valence-electron chi connectivity index (χ0n) is 13.2. The Morgan fingerprint density at radius 3 is 2.35 bits per heavy atom. The van der Waals surface area contributed by atoms with Crippen LogP contribution in [0.25, 0.3) is 0 Å². The van der Waals surface area contributed by atoms with E-state index in [9.17, 15) is 13.2 Å². The highest BCUT2D eigenvalue weighted by Crippen LogP contribution is 2.29. The number of hydrogen-bond acceptors (Lipinski definition) is 4. The van der Waals surface area contributed by atoms with E-state index >= 15 is 0 Å². The minimum Gasteiger partial charge on any atom is -0.354 e. The molecule has 3 rings (SSSR count). The van der Waals surface area contributed by atoms with Crippen LogP contribution in [0.5, 0.6) is 0 Å². The molecule has 1 saturated heterocycles. The van der Waals surface area contributed by atoms with Gasteiger partial charge in [-0.3, -0.25) is 4.90 Å². The van der Waals surface area contributed by atoms with Crippen molar-refractivity contribution in [2.45, 2.75) is 38.3 Å². The van der Waals surface area contributed by atoms with Gasteiger partial charge in [-0.15, -0.1) is 0 Å². The number of anilines is 1. The lowest BCUT2D eigenvalue weighted by atomic mass is 9.89. The predicted molar refractivity (Wildman–Crippen MR) is 82.3 cm³/mol. The molecule has 1 aliphatic carbocycles. The zero-order chi connectivity index (χ0) is 16.3. The molecule has 1 aliphatic heterocycles. The summed E-state index contributed by atoms with van der Waals surface area (Å²) < 4.78 is 38.2. The Hall–Kier alpha value is -1.37. The molecule has 1 saturated carbocycles. The molecule has 0 radical (unpaired) electrons. The lowest BCUT2D eigenvalue weighted by Gasteiger charge is -2.37. The van der Waals surface area contributed by atoms with Crippen LogP contribution in [0.1, 0.15) is 37.8 Å². The molecule has 0 spiro atoms. The van der Waals surface area contributed by atoms with Gasteiger partial charge in [-0.1, -0.05) is 19.3 Å². The Morgan fingerprint density at radius 1 is 1.00 bits per heavy atom. The Kier molecular flexibility index (Phi) is 5.04. The summed E-state index contributed by atoms with van der Waals surface area (Å²) in [5, 5.41) is 0. The van der Waals surface area contributed by atoms with E-state index in [-0.39, 0.29) is 0 Å². The Morgan fingerprint density at radius 2 is 1.70 bits per heavy atom. The minimum atomic E-state index is -4.42. The van der Waals surface area contributed by atoms with Crippen LogP contribution in [0.3, 0.4) is 0 Å². The van der Waals surface area contributed by atoms with Gasteiger partial charge in [0.25, 0.3) is 0 Å². The van der Waals surface area contributed by atoms with E-state index in [1.807, 2.05) is 4.90 Å². The first kappa shape index (κ1) is 16.5. The highest BCUT2D eigenvalue weighted by Gasteiger charge is 2.33. The van der Waals surface area contributed by atoms with Gasteiger partial charge in [0.15, 0.2) is 0 Å². The molecule has 2 fully saturated rings. The van der Waals surface area contributed by atoms with Crippen molar-refractivity contribution in [1.82, 2.24) is 14.9 Å². The molecular formula is C16H23F3N4. The van der Waals surface area contributed by atoms with Crippen molar-refractivity contribution >= 4 is 5.82 Å². The number of alkyl halides is 3. The van der Waals surface area contributed by atoms with Gasteiger partial charge in [0.2, 0.25) is 0 Å². The first-order valence-corrected chi connectivity index (χ1v) is 8.39. The molecule has 7 heteroatoms. The van der Waals surface area contributed by atoms with Crippen LogP contribution >= 0.6 is 0 Å². The second-order valence-corrected chi connectivity index (χ2v) is 6.55. The summed E-state index contributed by atoms with van der Waals surface area (Å²) in [5.41, 5.74) is -0.868. The Balaban J connectivity index is 1.54. The third kappa shape index (κ3) is 4.34. The zero-order valence-corrected chi connectivity index (χ0v) is 13.2. The van der Waals surface area contributed by atoms with Crippen molar-refractivity contribution in [2.24, 2.45) is 5.92 Å². The quantitative estimate of drug-likeness (QED) is 0.853. The van der Waals surface area contributed by atoms with Gasteiger partial charge in [0.1, 0.15) is 17.8 Å². The molecule has 0 unspecified atom stereocenters. The summed E-state index contributed by atoms with van der Waals surface area (Å²) in [5.74, 6) is 1.18. The lowest BCUT2D eigenvalue weighted by Crippen LogP contribution is -2.48. The van der Waals surface area contributed by atoms with Crippen LogP contribution in [0.15, 0.2) is 12.4 Å². The van der Waals surface area contributed by atoms with Crippen molar-refractivity contribution in [3.63, 3.8) is 0 Å². The maximum Gasteiger partial charge on any atom is 0.433 e. The third-order valence-corrected chi connectivity index (χ3v) is 4.88. The van der Waals surface area contributed by atoms with Gasteiger partial charge in [-0.25, -0.2) is 9.97 Å². The molecule has 0 bridgehead atoms. The molecule has 23 heavy (non-hydrogen) atoms. The normalized spacial score (nSPS) is 21.6. The maximum absolute atomic E-state index is 12.7. The SMILES string of the molecule is FC(F)(F)c1cc(N2CCN(CC3CCCCC3)CC2)ncn1. The monoisotopic (exact) mass is 328 g/mol. The summed E-state index contributed by atoms with van der Waals surface area (Å²) >= 11 is 0. The van der Waals surface area contributed by atoms with Gasteiger partial charge in [-0.2, -0.15) is 13.2 Å². The summed E-state index contributed by atoms with van der Waals surface area (Å²) in [6.07, 6.45) is 3.27. The van der Waals surface area contributed by atoms with Gasteiger partial charge in [0, 0.05) is 38.8 Å². The summed E-state index contributed by atoms with van der Waals surface area (Å²) in [6.45, 7) is 4.36. The van der Waals surface area contributed by atoms with Crippen LogP contribution in [-0.4, -0.2) is 47.6 Å². The van der Waals surface area contributed by atoms with E-state index < -0.39 is 11.9 Å². The van der Waals surface area contributed by atoms with Crippen molar-refractivity contribution in [3.05, 3.63) is 18.1 Å². The molecule has 2 aliphatic rings. The van der Waals surface area contributed by atoms with E-state index in [1.54, 1.807) is 0 Å². The summed E-state index contributed by atoms with van der Waals surface area (Å²) in [6, 6.07) is 1.05. The summed E-state index contributed by atoms with van der Waals surface area (Å²) in [7, 11) is 0. The second-order valence-electron chi connectivity index (χ2n) is 6.55. The van der Waals surface area contributed by atoms with Crippen molar-refractivity contribution in [2.75, 3.05) is 37.6 Å².